The quantitative estimate of drug-likeness (QED) is 0.904. The van der Waals surface area contributed by atoms with Crippen molar-refractivity contribution in [2.45, 2.75) is 13.0 Å². The topological polar surface area (TPSA) is 36.4 Å². The SMILES string of the molecule is CC(O)c1ccnc(N(C)c2ccccc2F)c1. The minimum absolute atomic E-state index is 0.302. The summed E-state index contributed by atoms with van der Waals surface area (Å²) in [4.78, 5) is 5.84. The molecule has 1 heterocycles. The molecule has 94 valence electrons. The van der Waals surface area contributed by atoms with Crippen LogP contribution in [0.5, 0.6) is 0 Å². The summed E-state index contributed by atoms with van der Waals surface area (Å²) in [6.45, 7) is 1.68. The van der Waals surface area contributed by atoms with Crippen molar-refractivity contribution in [3.63, 3.8) is 0 Å². The highest BCUT2D eigenvalue weighted by Crippen LogP contribution is 2.25. The summed E-state index contributed by atoms with van der Waals surface area (Å²) in [7, 11) is 1.74. The number of benzene rings is 1. The molecule has 0 aliphatic carbocycles. The summed E-state index contributed by atoms with van der Waals surface area (Å²) in [6.07, 6.45) is 1.04. The van der Waals surface area contributed by atoms with Crippen molar-refractivity contribution in [3.05, 3.63) is 54.0 Å². The number of pyridine rings is 1. The van der Waals surface area contributed by atoms with E-state index in [2.05, 4.69) is 4.98 Å². The van der Waals surface area contributed by atoms with Gasteiger partial charge in [0.05, 0.1) is 11.8 Å². The third-order valence-corrected chi connectivity index (χ3v) is 2.81. The van der Waals surface area contributed by atoms with Gasteiger partial charge in [0.15, 0.2) is 0 Å². The molecule has 1 unspecified atom stereocenters. The Labute approximate surface area is 106 Å². The first-order chi connectivity index (χ1) is 8.59. The molecule has 1 atom stereocenters. The molecule has 2 aromatic rings. The minimum Gasteiger partial charge on any atom is -0.389 e. The second kappa shape index (κ2) is 5.14. The fourth-order valence-corrected chi connectivity index (χ4v) is 1.72. The van der Waals surface area contributed by atoms with Gasteiger partial charge in [0.2, 0.25) is 0 Å². The highest BCUT2D eigenvalue weighted by atomic mass is 19.1. The smallest absolute Gasteiger partial charge is 0.146 e. The van der Waals surface area contributed by atoms with E-state index in [1.165, 1.54) is 6.07 Å². The van der Waals surface area contributed by atoms with Crippen LogP contribution in [0.1, 0.15) is 18.6 Å². The second-order valence-corrected chi connectivity index (χ2v) is 4.13. The number of aliphatic hydroxyl groups excluding tert-OH is 1. The van der Waals surface area contributed by atoms with E-state index in [9.17, 15) is 9.50 Å². The number of anilines is 2. The number of hydrogen-bond acceptors (Lipinski definition) is 3. The van der Waals surface area contributed by atoms with Gasteiger partial charge in [-0.3, -0.25) is 0 Å². The van der Waals surface area contributed by atoms with Crippen molar-refractivity contribution in [1.29, 1.82) is 0 Å². The highest BCUT2D eigenvalue weighted by molar-refractivity contribution is 5.60. The monoisotopic (exact) mass is 246 g/mol. The Bertz CT molecular complexity index is 543. The molecule has 0 amide bonds. The van der Waals surface area contributed by atoms with Crippen LogP contribution in [-0.4, -0.2) is 17.1 Å². The van der Waals surface area contributed by atoms with Crippen molar-refractivity contribution in [2.24, 2.45) is 0 Å². The van der Waals surface area contributed by atoms with Crippen LogP contribution in [0, 0.1) is 5.82 Å². The minimum atomic E-state index is -0.569. The lowest BCUT2D eigenvalue weighted by Crippen LogP contribution is -2.13. The Morgan fingerprint density at radius 2 is 2.00 bits per heavy atom. The molecule has 0 spiro atoms. The van der Waals surface area contributed by atoms with Gasteiger partial charge in [0, 0.05) is 13.2 Å². The third-order valence-electron chi connectivity index (χ3n) is 2.81. The zero-order chi connectivity index (χ0) is 13.1. The number of para-hydroxylation sites is 1. The van der Waals surface area contributed by atoms with Gasteiger partial charge in [0.25, 0.3) is 0 Å². The Kier molecular flexibility index (Phi) is 3.58. The molecule has 0 aliphatic rings. The van der Waals surface area contributed by atoms with Gasteiger partial charge < -0.3 is 10.0 Å². The van der Waals surface area contributed by atoms with Crippen molar-refractivity contribution in [2.75, 3.05) is 11.9 Å². The molecule has 0 fully saturated rings. The van der Waals surface area contributed by atoms with Gasteiger partial charge in [0.1, 0.15) is 11.6 Å². The number of halogens is 1. The van der Waals surface area contributed by atoms with E-state index < -0.39 is 6.10 Å². The number of hydrogen-bond donors (Lipinski definition) is 1. The van der Waals surface area contributed by atoms with Gasteiger partial charge in [-0.1, -0.05) is 12.1 Å². The number of rotatable bonds is 3. The maximum Gasteiger partial charge on any atom is 0.146 e. The Morgan fingerprint density at radius 1 is 1.28 bits per heavy atom. The van der Waals surface area contributed by atoms with Crippen molar-refractivity contribution < 1.29 is 9.50 Å². The molecular formula is C14H15FN2O. The summed E-state index contributed by atoms with van der Waals surface area (Å²) in [5.74, 6) is 0.294. The summed E-state index contributed by atoms with van der Waals surface area (Å²) in [6, 6.07) is 10.00. The zero-order valence-corrected chi connectivity index (χ0v) is 10.3. The largest absolute Gasteiger partial charge is 0.389 e. The van der Waals surface area contributed by atoms with Gasteiger partial charge in [-0.25, -0.2) is 9.37 Å². The highest BCUT2D eigenvalue weighted by Gasteiger charge is 2.11. The van der Waals surface area contributed by atoms with Crippen LogP contribution < -0.4 is 4.90 Å². The molecule has 0 saturated carbocycles. The van der Waals surface area contributed by atoms with Gasteiger partial charge in [-0.15, -0.1) is 0 Å². The number of nitrogens with zero attached hydrogens (tertiary/aromatic N) is 2. The lowest BCUT2D eigenvalue weighted by molar-refractivity contribution is 0.199. The van der Waals surface area contributed by atoms with Crippen LogP contribution in [0.2, 0.25) is 0 Å². The van der Waals surface area contributed by atoms with Crippen LogP contribution in [0.25, 0.3) is 0 Å². The Hall–Kier alpha value is -1.94. The third kappa shape index (κ3) is 2.49. The van der Waals surface area contributed by atoms with E-state index in [1.54, 1.807) is 55.4 Å². The maximum absolute atomic E-state index is 13.7. The normalized spacial score (nSPS) is 12.2. The van der Waals surface area contributed by atoms with Crippen molar-refractivity contribution in [1.82, 2.24) is 4.98 Å². The van der Waals surface area contributed by atoms with Crippen molar-refractivity contribution in [3.8, 4) is 0 Å². The fraction of sp³-hybridized carbons (Fsp3) is 0.214. The molecule has 1 aromatic carbocycles. The average Bonchev–Trinajstić information content (AvgIpc) is 2.38. The van der Waals surface area contributed by atoms with E-state index in [0.717, 1.165) is 5.56 Å². The van der Waals surface area contributed by atoms with Crippen LogP contribution in [0.15, 0.2) is 42.6 Å². The van der Waals surface area contributed by atoms with E-state index in [-0.39, 0.29) is 5.82 Å². The Morgan fingerprint density at radius 3 is 2.67 bits per heavy atom. The van der Waals surface area contributed by atoms with Crippen LogP contribution in [0.4, 0.5) is 15.9 Å². The lowest BCUT2D eigenvalue weighted by atomic mass is 10.1. The molecule has 1 aromatic heterocycles. The maximum atomic E-state index is 13.7. The van der Waals surface area contributed by atoms with Gasteiger partial charge >= 0.3 is 0 Å². The molecule has 0 radical (unpaired) electrons. The molecule has 0 saturated heterocycles. The predicted molar refractivity (Wildman–Crippen MR) is 69.3 cm³/mol. The summed E-state index contributed by atoms with van der Waals surface area (Å²) in [5.41, 5.74) is 1.20. The molecule has 4 heteroatoms. The molecule has 0 bridgehead atoms. The van der Waals surface area contributed by atoms with E-state index >= 15 is 0 Å². The first kappa shape index (κ1) is 12.5. The number of aromatic nitrogens is 1. The first-order valence-electron chi connectivity index (χ1n) is 5.72. The second-order valence-electron chi connectivity index (χ2n) is 4.13. The summed E-state index contributed by atoms with van der Waals surface area (Å²) < 4.78 is 13.7. The van der Waals surface area contributed by atoms with Crippen LogP contribution >= 0.6 is 0 Å². The summed E-state index contributed by atoms with van der Waals surface area (Å²) >= 11 is 0. The van der Waals surface area contributed by atoms with Gasteiger partial charge in [-0.05, 0) is 36.8 Å². The first-order valence-corrected chi connectivity index (χ1v) is 5.72. The molecule has 1 N–H and O–H groups in total. The lowest BCUT2D eigenvalue weighted by Gasteiger charge is -2.19. The van der Waals surface area contributed by atoms with Crippen molar-refractivity contribution >= 4 is 11.5 Å². The van der Waals surface area contributed by atoms with Crippen LogP contribution in [0.3, 0.4) is 0 Å². The van der Waals surface area contributed by atoms with E-state index in [1.807, 2.05) is 0 Å². The predicted octanol–water partition coefficient (Wildman–Crippen LogP) is 3.04. The van der Waals surface area contributed by atoms with Crippen LogP contribution in [-0.2, 0) is 0 Å². The molecule has 18 heavy (non-hydrogen) atoms. The standard InChI is InChI=1S/C14H15FN2O/c1-10(18)11-7-8-16-14(9-11)17(2)13-6-4-3-5-12(13)15/h3-10,18H,1-2H3. The Balaban J connectivity index is 2.37. The molecule has 3 nitrogen and oxygen atoms in total. The van der Waals surface area contributed by atoms with Gasteiger partial charge in [-0.2, -0.15) is 0 Å². The molecule has 0 aliphatic heterocycles. The fourth-order valence-electron chi connectivity index (χ4n) is 1.72. The molecular weight excluding hydrogens is 231 g/mol. The van der Waals surface area contributed by atoms with E-state index in [0.29, 0.717) is 11.5 Å². The van der Waals surface area contributed by atoms with E-state index in [4.69, 9.17) is 0 Å². The average molecular weight is 246 g/mol. The number of aliphatic hydroxyl groups is 1. The molecule has 2 rings (SSSR count). The zero-order valence-electron chi connectivity index (χ0n) is 10.3. The summed E-state index contributed by atoms with van der Waals surface area (Å²) in [5, 5.41) is 9.53.